The summed E-state index contributed by atoms with van der Waals surface area (Å²) in [5.41, 5.74) is 6.67. The van der Waals surface area contributed by atoms with Gasteiger partial charge in [0, 0.05) is 10.9 Å². The van der Waals surface area contributed by atoms with Gasteiger partial charge in [0.2, 0.25) is 0 Å². The summed E-state index contributed by atoms with van der Waals surface area (Å²) < 4.78 is 39.8. The summed E-state index contributed by atoms with van der Waals surface area (Å²) in [5, 5.41) is 0. The monoisotopic (exact) mass is 265 g/mol. The van der Waals surface area contributed by atoms with Gasteiger partial charge in [-0.2, -0.15) is 13.2 Å². The minimum absolute atomic E-state index is 0.0168. The smallest absolute Gasteiger partial charge is 0.361 e. The van der Waals surface area contributed by atoms with Gasteiger partial charge >= 0.3 is 6.18 Å². The van der Waals surface area contributed by atoms with Crippen molar-refractivity contribution in [2.45, 2.75) is 24.0 Å². The summed E-state index contributed by atoms with van der Waals surface area (Å²) in [6.45, 7) is 0.659. The third-order valence-electron chi connectivity index (χ3n) is 1.98. The van der Waals surface area contributed by atoms with E-state index in [1.807, 2.05) is 31.2 Å². The van der Waals surface area contributed by atoms with Crippen LogP contribution in [0.1, 0.15) is 18.5 Å². The van der Waals surface area contributed by atoms with Crippen molar-refractivity contribution in [1.82, 2.24) is 0 Å². The third kappa shape index (κ3) is 5.95. The number of nitrogens with two attached hydrogens (primary N) is 1. The minimum Gasteiger partial charge on any atom is -0.361 e. The maximum absolute atomic E-state index is 11.8. The highest BCUT2D eigenvalue weighted by molar-refractivity contribution is 7.99. The molecular formula is C11H14F3NOS. The highest BCUT2D eigenvalue weighted by Crippen LogP contribution is 2.22. The SMILES string of the molecule is CC(N)c1ccc(SCOCC(F)(F)F)cc1. The molecule has 96 valence electrons. The number of halogens is 3. The second-order valence-corrected chi connectivity index (χ2v) is 4.58. The highest BCUT2D eigenvalue weighted by atomic mass is 32.2. The lowest BCUT2D eigenvalue weighted by Crippen LogP contribution is -2.16. The number of hydrogen-bond acceptors (Lipinski definition) is 3. The van der Waals surface area contributed by atoms with E-state index in [9.17, 15) is 13.2 Å². The second-order valence-electron chi connectivity index (χ2n) is 3.58. The van der Waals surface area contributed by atoms with Gasteiger partial charge in [0.25, 0.3) is 0 Å². The molecule has 0 spiro atoms. The molecule has 0 amide bonds. The zero-order valence-electron chi connectivity index (χ0n) is 9.33. The van der Waals surface area contributed by atoms with E-state index in [4.69, 9.17) is 5.73 Å². The van der Waals surface area contributed by atoms with E-state index >= 15 is 0 Å². The number of alkyl halides is 3. The van der Waals surface area contributed by atoms with Crippen molar-refractivity contribution >= 4 is 11.8 Å². The topological polar surface area (TPSA) is 35.2 Å². The Labute approximate surface area is 102 Å². The van der Waals surface area contributed by atoms with Crippen LogP contribution in [0.4, 0.5) is 13.2 Å². The Morgan fingerprint density at radius 3 is 2.35 bits per heavy atom. The lowest BCUT2D eigenvalue weighted by atomic mass is 10.1. The van der Waals surface area contributed by atoms with Gasteiger partial charge in [0.15, 0.2) is 0 Å². The summed E-state index contributed by atoms with van der Waals surface area (Å²) in [6.07, 6.45) is -4.26. The van der Waals surface area contributed by atoms with Crippen molar-refractivity contribution in [3.8, 4) is 0 Å². The first-order valence-electron chi connectivity index (χ1n) is 5.01. The number of thioether (sulfide) groups is 1. The molecule has 0 bridgehead atoms. The quantitative estimate of drug-likeness (QED) is 0.504. The molecular weight excluding hydrogens is 251 g/mol. The summed E-state index contributed by atoms with van der Waals surface area (Å²) in [6, 6.07) is 7.31. The van der Waals surface area contributed by atoms with Gasteiger partial charge in [0.05, 0.1) is 5.94 Å². The van der Waals surface area contributed by atoms with Crippen molar-refractivity contribution in [3.05, 3.63) is 29.8 Å². The van der Waals surface area contributed by atoms with Gasteiger partial charge in [-0.15, -0.1) is 0 Å². The molecule has 17 heavy (non-hydrogen) atoms. The molecule has 0 aliphatic heterocycles. The fraction of sp³-hybridized carbons (Fsp3) is 0.455. The van der Waals surface area contributed by atoms with Gasteiger partial charge in [-0.1, -0.05) is 23.9 Å². The molecule has 0 radical (unpaired) electrons. The molecule has 0 saturated carbocycles. The van der Waals surface area contributed by atoms with Gasteiger partial charge < -0.3 is 10.5 Å². The average molecular weight is 265 g/mol. The molecule has 1 aromatic carbocycles. The molecule has 6 heteroatoms. The van der Waals surface area contributed by atoms with Crippen LogP contribution in [-0.2, 0) is 4.74 Å². The van der Waals surface area contributed by atoms with Crippen LogP contribution in [-0.4, -0.2) is 18.7 Å². The van der Waals surface area contributed by atoms with Crippen LogP contribution in [0, 0.1) is 0 Å². The fourth-order valence-electron chi connectivity index (χ4n) is 1.13. The third-order valence-corrected chi connectivity index (χ3v) is 2.87. The molecule has 0 aliphatic carbocycles. The van der Waals surface area contributed by atoms with E-state index in [1.54, 1.807) is 0 Å². The molecule has 0 fully saturated rings. The Morgan fingerprint density at radius 2 is 1.88 bits per heavy atom. The molecule has 0 aromatic heterocycles. The lowest BCUT2D eigenvalue weighted by Gasteiger charge is -2.08. The molecule has 2 nitrogen and oxygen atoms in total. The van der Waals surface area contributed by atoms with Crippen LogP contribution in [0.15, 0.2) is 29.2 Å². The first kappa shape index (κ1) is 14.3. The van der Waals surface area contributed by atoms with Crippen LogP contribution in [0.5, 0.6) is 0 Å². The molecule has 0 saturated heterocycles. The molecule has 1 rings (SSSR count). The fourth-order valence-corrected chi connectivity index (χ4v) is 1.77. The predicted octanol–water partition coefficient (Wildman–Crippen LogP) is 3.33. The van der Waals surface area contributed by atoms with Gasteiger partial charge in [-0.3, -0.25) is 0 Å². The Hall–Kier alpha value is -0.720. The number of ether oxygens (including phenoxy) is 1. The Kier molecular flexibility index (Phi) is 5.30. The number of benzene rings is 1. The second kappa shape index (κ2) is 6.28. The van der Waals surface area contributed by atoms with Crippen molar-refractivity contribution in [3.63, 3.8) is 0 Å². The molecule has 2 N–H and O–H groups in total. The maximum atomic E-state index is 11.8. The normalized spacial score (nSPS) is 13.7. The lowest BCUT2D eigenvalue weighted by molar-refractivity contribution is -0.168. The summed E-state index contributed by atoms with van der Waals surface area (Å²) in [5.74, 6) is -0.0168. The van der Waals surface area contributed by atoms with Gasteiger partial charge in [-0.25, -0.2) is 0 Å². The Bertz CT molecular complexity index is 338. The van der Waals surface area contributed by atoms with Crippen LogP contribution in [0.3, 0.4) is 0 Å². The van der Waals surface area contributed by atoms with Gasteiger partial charge in [0.1, 0.15) is 6.61 Å². The van der Waals surface area contributed by atoms with Crippen molar-refractivity contribution < 1.29 is 17.9 Å². The molecule has 1 aromatic rings. The van der Waals surface area contributed by atoms with Gasteiger partial charge in [-0.05, 0) is 24.6 Å². The van der Waals surface area contributed by atoms with E-state index in [0.29, 0.717) is 0 Å². The Morgan fingerprint density at radius 1 is 1.29 bits per heavy atom. The van der Waals surface area contributed by atoms with Crippen LogP contribution >= 0.6 is 11.8 Å². The van der Waals surface area contributed by atoms with Crippen LogP contribution < -0.4 is 5.73 Å². The largest absolute Gasteiger partial charge is 0.411 e. The first-order valence-corrected chi connectivity index (χ1v) is 6.00. The van der Waals surface area contributed by atoms with E-state index in [-0.39, 0.29) is 12.0 Å². The number of rotatable bonds is 5. The van der Waals surface area contributed by atoms with E-state index in [0.717, 1.165) is 10.5 Å². The zero-order chi connectivity index (χ0) is 12.9. The van der Waals surface area contributed by atoms with Crippen LogP contribution in [0.2, 0.25) is 0 Å². The van der Waals surface area contributed by atoms with Crippen molar-refractivity contribution in [1.29, 1.82) is 0 Å². The van der Waals surface area contributed by atoms with Crippen LogP contribution in [0.25, 0.3) is 0 Å². The predicted molar refractivity (Wildman–Crippen MR) is 61.8 cm³/mol. The van der Waals surface area contributed by atoms with E-state index in [2.05, 4.69) is 4.74 Å². The maximum Gasteiger partial charge on any atom is 0.411 e. The standard InChI is InChI=1S/C11H14F3NOS/c1-8(15)9-2-4-10(5-3-9)17-7-16-6-11(12,13)14/h2-5,8H,6-7,15H2,1H3. The van der Waals surface area contributed by atoms with Crippen molar-refractivity contribution in [2.75, 3.05) is 12.5 Å². The summed E-state index contributed by atoms with van der Waals surface area (Å²) >= 11 is 1.22. The zero-order valence-corrected chi connectivity index (χ0v) is 10.1. The average Bonchev–Trinajstić information content (AvgIpc) is 2.24. The molecule has 1 unspecified atom stereocenters. The molecule has 0 aliphatic rings. The Balaban J connectivity index is 2.33. The summed E-state index contributed by atoms with van der Waals surface area (Å²) in [4.78, 5) is 0.858. The molecule has 0 heterocycles. The highest BCUT2D eigenvalue weighted by Gasteiger charge is 2.27. The van der Waals surface area contributed by atoms with E-state index < -0.39 is 12.8 Å². The first-order chi connectivity index (χ1) is 7.88. The van der Waals surface area contributed by atoms with E-state index in [1.165, 1.54) is 11.8 Å². The molecule has 1 atom stereocenters. The summed E-state index contributed by atoms with van der Waals surface area (Å²) in [7, 11) is 0. The number of hydrogen-bond donors (Lipinski definition) is 1. The minimum atomic E-state index is -4.26. The van der Waals surface area contributed by atoms with Crippen molar-refractivity contribution in [2.24, 2.45) is 5.73 Å².